The first-order valence-electron chi connectivity index (χ1n) is 17.4. The highest BCUT2D eigenvalue weighted by Gasteiger charge is 2.66. The van der Waals surface area contributed by atoms with Crippen LogP contribution in [0.3, 0.4) is 0 Å². The van der Waals surface area contributed by atoms with Gasteiger partial charge in [-0.15, -0.1) is 6.58 Å². The van der Waals surface area contributed by atoms with Crippen molar-refractivity contribution in [1.82, 2.24) is 10.2 Å². The number of carbonyl (C=O) groups is 3. The lowest BCUT2D eigenvalue weighted by Crippen LogP contribution is -2.52. The summed E-state index contributed by atoms with van der Waals surface area (Å²) in [4.78, 5) is 45.5. The fourth-order valence-electron chi connectivity index (χ4n) is 8.86. The van der Waals surface area contributed by atoms with Gasteiger partial charge in [0.1, 0.15) is 5.75 Å². The van der Waals surface area contributed by atoms with Crippen molar-refractivity contribution < 1.29 is 29.0 Å². The minimum absolute atomic E-state index is 0.0395. The monoisotopic (exact) mass is 674 g/mol. The molecule has 0 radical (unpaired) electrons. The van der Waals surface area contributed by atoms with Gasteiger partial charge in [0.15, 0.2) is 5.60 Å². The molecule has 2 aromatic carbocycles. The number of aliphatic hydroxyl groups excluding tert-OH is 1. The van der Waals surface area contributed by atoms with Gasteiger partial charge in [-0.1, -0.05) is 43.4 Å². The predicted molar refractivity (Wildman–Crippen MR) is 189 cm³/mol. The van der Waals surface area contributed by atoms with E-state index in [0.717, 1.165) is 49.2 Å². The third-order valence-electron chi connectivity index (χ3n) is 11.4. The van der Waals surface area contributed by atoms with Gasteiger partial charge < -0.3 is 35.0 Å². The number of hydrogen-bond donors (Lipinski definition) is 3. The van der Waals surface area contributed by atoms with E-state index >= 15 is 0 Å². The molecule has 0 aromatic heterocycles. The summed E-state index contributed by atoms with van der Waals surface area (Å²) in [6.45, 7) is 13.0. The summed E-state index contributed by atoms with van der Waals surface area (Å²) in [5.41, 5.74) is 0.614. The van der Waals surface area contributed by atoms with E-state index in [1.165, 1.54) is 5.19 Å². The number of methoxy groups -OCH3 is 1. The molecular weight excluding hydrogens is 625 g/mol. The molecule has 6 rings (SSSR count). The number of amides is 3. The first-order valence-corrected chi connectivity index (χ1v) is 20.5. The molecule has 1 unspecified atom stereocenters. The number of aliphatic hydroxyl groups is 1. The van der Waals surface area contributed by atoms with Crippen LogP contribution in [0.4, 0.5) is 11.4 Å². The Hall–Kier alpha value is -3.51. The molecule has 10 nitrogen and oxygen atoms in total. The van der Waals surface area contributed by atoms with Crippen LogP contribution in [0.25, 0.3) is 0 Å². The molecule has 4 heterocycles. The van der Waals surface area contributed by atoms with Crippen LogP contribution in [-0.4, -0.2) is 87.8 Å². The number of carbonyl (C=O) groups excluding carboxylic acids is 3. The average molecular weight is 675 g/mol. The van der Waals surface area contributed by atoms with E-state index in [1.807, 2.05) is 30.3 Å². The number of hydrogen-bond acceptors (Lipinski definition) is 7. The smallest absolute Gasteiger partial charge is 0.264 e. The van der Waals surface area contributed by atoms with E-state index in [1.54, 1.807) is 23.0 Å². The normalized spacial score (nSPS) is 28.5. The average Bonchev–Trinajstić information content (AvgIpc) is 3.76. The first-order chi connectivity index (χ1) is 23.1. The number of nitrogens with zero attached hydrogens (tertiary/aromatic N) is 2. The Bertz CT molecular complexity index is 1540. The summed E-state index contributed by atoms with van der Waals surface area (Å²) in [5.74, 6) is 0.0963. The topological polar surface area (TPSA) is 120 Å². The molecule has 0 aliphatic carbocycles. The molecule has 3 saturated heterocycles. The summed E-state index contributed by atoms with van der Waals surface area (Å²) < 4.78 is 12.6. The quantitative estimate of drug-likeness (QED) is 0.260. The molecule has 3 amide bonds. The summed E-state index contributed by atoms with van der Waals surface area (Å²) in [6.07, 6.45) is 4.70. The molecule has 6 atom stereocenters. The maximum absolute atomic E-state index is 14.8. The van der Waals surface area contributed by atoms with Gasteiger partial charge in [0.2, 0.25) is 11.8 Å². The van der Waals surface area contributed by atoms with Crippen LogP contribution in [0.2, 0.25) is 18.6 Å². The Morgan fingerprint density at radius 1 is 1.19 bits per heavy atom. The number of anilines is 2. The second kappa shape index (κ2) is 13.8. The molecule has 11 heteroatoms. The molecule has 2 aromatic rings. The lowest BCUT2D eigenvalue weighted by molar-refractivity contribution is -0.149. The summed E-state index contributed by atoms with van der Waals surface area (Å²) in [7, 11) is -0.808. The molecule has 3 fully saturated rings. The highest BCUT2D eigenvalue weighted by Crippen LogP contribution is 2.60. The van der Waals surface area contributed by atoms with Crippen molar-refractivity contribution in [3.63, 3.8) is 0 Å². The van der Waals surface area contributed by atoms with Crippen LogP contribution in [0.15, 0.2) is 55.1 Å². The van der Waals surface area contributed by atoms with Gasteiger partial charge >= 0.3 is 0 Å². The summed E-state index contributed by atoms with van der Waals surface area (Å²) in [6, 6.07) is 13.6. The van der Waals surface area contributed by atoms with Gasteiger partial charge in [0.05, 0.1) is 52.0 Å². The van der Waals surface area contributed by atoms with Gasteiger partial charge in [0, 0.05) is 36.8 Å². The Morgan fingerprint density at radius 3 is 2.62 bits per heavy atom. The number of fused-ring (bicyclic) bond motifs is 2. The van der Waals surface area contributed by atoms with Crippen molar-refractivity contribution in [2.24, 2.45) is 11.8 Å². The largest absolute Gasteiger partial charge is 0.497 e. The van der Waals surface area contributed by atoms with Crippen molar-refractivity contribution in [3.8, 4) is 5.75 Å². The van der Waals surface area contributed by atoms with Gasteiger partial charge in [0.25, 0.3) is 5.91 Å². The molecule has 0 saturated carbocycles. The molecular formula is C37H50N4O6Si. The van der Waals surface area contributed by atoms with Crippen LogP contribution < -0.4 is 25.5 Å². The highest BCUT2D eigenvalue weighted by molar-refractivity contribution is 6.91. The Morgan fingerprint density at radius 2 is 1.96 bits per heavy atom. The van der Waals surface area contributed by atoms with Crippen molar-refractivity contribution in [1.29, 1.82) is 0 Å². The van der Waals surface area contributed by atoms with Crippen LogP contribution in [0, 0.1) is 11.8 Å². The minimum atomic E-state index is -2.46. The molecule has 258 valence electrons. The first kappa shape index (κ1) is 34.4. The van der Waals surface area contributed by atoms with Crippen LogP contribution in [0.1, 0.15) is 44.6 Å². The maximum atomic E-state index is 14.8. The molecule has 1 spiro atoms. The highest BCUT2D eigenvalue weighted by atomic mass is 28.3. The zero-order valence-electron chi connectivity index (χ0n) is 28.7. The number of nitrogens with one attached hydrogen (secondary N) is 2. The number of piperidine rings is 1. The van der Waals surface area contributed by atoms with Gasteiger partial charge in [-0.2, -0.15) is 0 Å². The van der Waals surface area contributed by atoms with E-state index in [-0.39, 0.29) is 54.2 Å². The molecule has 3 N–H and O–H groups in total. The Balaban J connectivity index is 1.42. The van der Waals surface area contributed by atoms with Gasteiger partial charge in [-0.05, 0) is 68.1 Å². The molecule has 0 bridgehead atoms. The third kappa shape index (κ3) is 5.88. The van der Waals surface area contributed by atoms with E-state index in [0.29, 0.717) is 25.3 Å². The second-order valence-electron chi connectivity index (χ2n) is 14.4. The molecule has 4 aliphatic rings. The van der Waals surface area contributed by atoms with Crippen molar-refractivity contribution in [3.05, 3.63) is 60.7 Å². The fraction of sp³-hybridized carbons (Fsp3) is 0.541. The van der Waals surface area contributed by atoms with E-state index in [2.05, 4.69) is 49.4 Å². The minimum Gasteiger partial charge on any atom is -0.497 e. The lowest BCUT2D eigenvalue weighted by atomic mass is 9.82. The molecule has 4 aliphatic heterocycles. The predicted octanol–water partition coefficient (Wildman–Crippen LogP) is 3.76. The third-order valence-corrected chi connectivity index (χ3v) is 15.7. The number of likely N-dealkylation sites (tertiary alicyclic amines) is 1. The second-order valence-corrected chi connectivity index (χ2v) is 19.1. The van der Waals surface area contributed by atoms with Crippen LogP contribution in [0.5, 0.6) is 5.75 Å². The van der Waals surface area contributed by atoms with E-state index in [4.69, 9.17) is 9.47 Å². The Labute approximate surface area is 284 Å². The van der Waals surface area contributed by atoms with Gasteiger partial charge in [-0.25, -0.2) is 0 Å². The van der Waals surface area contributed by atoms with Crippen LogP contribution in [-0.2, 0) is 24.7 Å². The number of rotatable bonds is 10. The van der Waals surface area contributed by atoms with E-state index < -0.39 is 19.8 Å². The van der Waals surface area contributed by atoms with Crippen molar-refractivity contribution in [2.45, 2.75) is 75.4 Å². The number of ether oxygens (including phenoxy) is 2. The summed E-state index contributed by atoms with van der Waals surface area (Å²) >= 11 is 0. The fourth-order valence-corrected chi connectivity index (χ4v) is 12.9. The van der Waals surface area contributed by atoms with Gasteiger partial charge in [-0.3, -0.25) is 14.4 Å². The SMILES string of the molecule is C=CCN1C(=O)[C@@]2(O[C@@H](CC(=O)N3CCC[C@H]3CO)[C@H]([Si](C)(C)c3ccc(OC)cc3)[C@H]2C)c2cc(NC(=O)C3CCCNC3)ccc21. The van der Waals surface area contributed by atoms with E-state index in [9.17, 15) is 19.5 Å². The van der Waals surface area contributed by atoms with Crippen molar-refractivity contribution >= 4 is 42.4 Å². The summed E-state index contributed by atoms with van der Waals surface area (Å²) in [5, 5.41) is 17.6. The zero-order valence-corrected chi connectivity index (χ0v) is 29.7. The Kier molecular flexibility index (Phi) is 9.86. The maximum Gasteiger partial charge on any atom is 0.264 e. The standard InChI is InChI=1S/C37H50N4O6Si/c1-6-18-41-31-16-11-26(39-35(44)25-9-7-17-38-22-25)20-30(31)37(36(41)45)24(2)34(48(4,5)29-14-12-28(46-3)13-15-29)32(47-37)21-33(43)40-19-8-10-27(40)23-42/h6,11-16,20,24-25,27,32,34,38,42H,1,7-10,17-19,21-23H2,2-5H3,(H,39,44)/t24-,25?,27+,32+,34-,37+/m1/s1. The zero-order chi connectivity index (χ0) is 34.2. The lowest BCUT2D eigenvalue weighted by Gasteiger charge is -2.37. The van der Waals surface area contributed by atoms with Crippen molar-refractivity contribution in [2.75, 3.05) is 50.1 Å². The molecule has 48 heavy (non-hydrogen) atoms. The number of benzene rings is 2. The van der Waals surface area contributed by atoms with Crippen LogP contribution >= 0.6 is 0 Å².